The van der Waals surface area contributed by atoms with E-state index in [0.717, 1.165) is 31.5 Å². The van der Waals surface area contributed by atoms with Crippen molar-refractivity contribution in [3.8, 4) is 0 Å². The number of nitrogens with one attached hydrogen (secondary N) is 3. The maximum atomic E-state index is 12.7. The fourth-order valence-corrected chi connectivity index (χ4v) is 3.58. The lowest BCUT2D eigenvalue weighted by Crippen LogP contribution is -2.30. The third kappa shape index (κ3) is 5.93. The first kappa shape index (κ1) is 23.6. The van der Waals surface area contributed by atoms with Gasteiger partial charge in [-0.3, -0.25) is 9.59 Å². The quantitative estimate of drug-likeness (QED) is 0.650. The van der Waals surface area contributed by atoms with Gasteiger partial charge in [-0.25, -0.2) is 4.79 Å². The van der Waals surface area contributed by atoms with E-state index < -0.39 is 11.5 Å². The number of amides is 2. The van der Waals surface area contributed by atoms with E-state index in [4.69, 9.17) is 4.42 Å². The number of hydrogen-bond acceptors (Lipinski definition) is 5. The topological polar surface area (TPSA) is 100 Å². The predicted octanol–water partition coefficient (Wildman–Crippen LogP) is 2.77. The predicted molar refractivity (Wildman–Crippen MR) is 119 cm³/mol. The number of benzene rings is 1. The number of rotatable bonds is 6. The Balaban J connectivity index is 0.00000320. The van der Waals surface area contributed by atoms with Crippen LogP contribution in [0.1, 0.15) is 52.4 Å². The van der Waals surface area contributed by atoms with Crippen molar-refractivity contribution in [1.29, 1.82) is 0 Å². The highest BCUT2D eigenvalue weighted by Gasteiger charge is 2.22. The fraction of sp³-hybridized carbons (Fsp3) is 0.409. The van der Waals surface area contributed by atoms with E-state index >= 15 is 0 Å². The molecule has 2 amide bonds. The molecule has 8 heteroatoms. The minimum atomic E-state index is -0.612. The molecule has 3 N–H and O–H groups in total. The average molecular weight is 434 g/mol. The number of halogens is 1. The van der Waals surface area contributed by atoms with Crippen LogP contribution in [0, 0.1) is 6.92 Å². The summed E-state index contributed by atoms with van der Waals surface area (Å²) in [5, 5.41) is 8.66. The first-order chi connectivity index (χ1) is 14.0. The molecule has 1 aliphatic rings. The van der Waals surface area contributed by atoms with Crippen molar-refractivity contribution in [2.45, 2.75) is 38.5 Å². The standard InChI is InChI=1S/C22H27N3O4.ClH/c1-14-11-18(16-6-4-10-24-13-16)29-22(28)20(14)21(27)25-17-7-3-5-15(12-17)8-9-19(26)23-2;/h3,5,7,11-12,16,24H,4,6,8-10,13H2,1-2H3,(H,23,26)(H,25,27);1H. The van der Waals surface area contributed by atoms with E-state index in [-0.39, 0.29) is 29.8 Å². The van der Waals surface area contributed by atoms with Crippen molar-refractivity contribution in [2.75, 3.05) is 25.5 Å². The van der Waals surface area contributed by atoms with Gasteiger partial charge in [-0.1, -0.05) is 12.1 Å². The molecule has 3 rings (SSSR count). The zero-order chi connectivity index (χ0) is 20.8. The van der Waals surface area contributed by atoms with Crippen LogP contribution in [-0.2, 0) is 11.2 Å². The molecule has 2 aromatic rings. The Morgan fingerprint density at radius 3 is 2.73 bits per heavy atom. The van der Waals surface area contributed by atoms with Crippen molar-refractivity contribution >= 4 is 29.9 Å². The molecule has 1 saturated heterocycles. The summed E-state index contributed by atoms with van der Waals surface area (Å²) in [6.45, 7) is 3.50. The maximum absolute atomic E-state index is 12.7. The molecule has 162 valence electrons. The van der Waals surface area contributed by atoms with Crippen molar-refractivity contribution in [1.82, 2.24) is 10.6 Å². The van der Waals surface area contributed by atoms with Gasteiger partial charge in [-0.2, -0.15) is 0 Å². The third-order valence-corrected chi connectivity index (χ3v) is 5.20. The Morgan fingerprint density at radius 2 is 2.07 bits per heavy atom. The van der Waals surface area contributed by atoms with Crippen LogP contribution in [0.3, 0.4) is 0 Å². The minimum absolute atomic E-state index is 0. The first-order valence-corrected chi connectivity index (χ1v) is 9.94. The smallest absolute Gasteiger partial charge is 0.349 e. The van der Waals surface area contributed by atoms with Crippen LogP contribution in [0.15, 0.2) is 39.5 Å². The summed E-state index contributed by atoms with van der Waals surface area (Å²) in [6, 6.07) is 9.06. The van der Waals surface area contributed by atoms with Gasteiger partial charge in [0.25, 0.3) is 5.91 Å². The molecular weight excluding hydrogens is 406 g/mol. The van der Waals surface area contributed by atoms with Crippen LogP contribution >= 0.6 is 12.4 Å². The largest absolute Gasteiger partial charge is 0.427 e. The second-order valence-corrected chi connectivity index (χ2v) is 7.37. The Labute approximate surface area is 182 Å². The number of aryl methyl sites for hydroxylation is 2. The average Bonchev–Trinajstić information content (AvgIpc) is 2.72. The molecule has 2 heterocycles. The summed E-state index contributed by atoms with van der Waals surface area (Å²) in [5.41, 5.74) is 1.52. The van der Waals surface area contributed by atoms with Gasteiger partial charge in [-0.05, 0) is 62.1 Å². The Kier molecular flexibility index (Phi) is 8.62. The molecule has 1 aromatic heterocycles. The molecule has 1 aromatic carbocycles. The molecule has 0 aliphatic carbocycles. The van der Waals surface area contributed by atoms with Gasteiger partial charge in [0.2, 0.25) is 5.91 Å². The molecule has 1 atom stereocenters. The lowest BCUT2D eigenvalue weighted by atomic mass is 9.95. The summed E-state index contributed by atoms with van der Waals surface area (Å²) >= 11 is 0. The molecule has 0 saturated carbocycles. The SMILES string of the molecule is CNC(=O)CCc1cccc(NC(=O)c2c(C)cc(C3CCCNC3)oc2=O)c1.Cl. The van der Waals surface area contributed by atoms with Crippen LogP contribution in [0.25, 0.3) is 0 Å². The fourth-order valence-electron chi connectivity index (χ4n) is 3.58. The van der Waals surface area contributed by atoms with Crippen molar-refractivity contribution < 1.29 is 14.0 Å². The Hall–Kier alpha value is -2.64. The lowest BCUT2D eigenvalue weighted by molar-refractivity contribution is -0.120. The highest BCUT2D eigenvalue weighted by molar-refractivity contribution is 6.04. The van der Waals surface area contributed by atoms with E-state index in [1.165, 1.54) is 0 Å². The van der Waals surface area contributed by atoms with Crippen LogP contribution in [-0.4, -0.2) is 32.0 Å². The molecule has 7 nitrogen and oxygen atoms in total. The normalized spacial score (nSPS) is 15.7. The van der Waals surface area contributed by atoms with Crippen molar-refractivity contribution in [3.05, 3.63) is 63.2 Å². The maximum Gasteiger partial charge on any atom is 0.349 e. The van der Waals surface area contributed by atoms with Crippen LogP contribution in [0.4, 0.5) is 5.69 Å². The summed E-state index contributed by atoms with van der Waals surface area (Å²) in [6.07, 6.45) is 2.93. The van der Waals surface area contributed by atoms with E-state index in [1.54, 1.807) is 32.2 Å². The number of carbonyl (C=O) groups is 2. The van der Waals surface area contributed by atoms with Gasteiger partial charge in [0.15, 0.2) is 0 Å². The Bertz CT molecular complexity index is 952. The van der Waals surface area contributed by atoms with Gasteiger partial charge in [0.05, 0.1) is 0 Å². The van der Waals surface area contributed by atoms with E-state index in [2.05, 4.69) is 16.0 Å². The number of anilines is 1. The minimum Gasteiger partial charge on any atom is -0.427 e. The lowest BCUT2D eigenvalue weighted by Gasteiger charge is -2.22. The van der Waals surface area contributed by atoms with Gasteiger partial charge in [0.1, 0.15) is 11.3 Å². The van der Waals surface area contributed by atoms with E-state index in [0.29, 0.717) is 29.9 Å². The first-order valence-electron chi connectivity index (χ1n) is 9.94. The molecule has 0 radical (unpaired) electrons. The molecule has 1 aliphatic heterocycles. The van der Waals surface area contributed by atoms with Gasteiger partial charge in [0, 0.05) is 31.6 Å². The monoisotopic (exact) mass is 433 g/mol. The zero-order valence-corrected chi connectivity index (χ0v) is 18.1. The van der Waals surface area contributed by atoms with Crippen molar-refractivity contribution in [3.63, 3.8) is 0 Å². The van der Waals surface area contributed by atoms with Crippen LogP contribution in [0.2, 0.25) is 0 Å². The summed E-state index contributed by atoms with van der Waals surface area (Å²) < 4.78 is 5.49. The molecular formula is C22H28ClN3O4. The van der Waals surface area contributed by atoms with E-state index in [9.17, 15) is 14.4 Å². The summed E-state index contributed by atoms with van der Waals surface area (Å²) in [5.74, 6) is 0.255. The highest BCUT2D eigenvalue weighted by atomic mass is 35.5. The van der Waals surface area contributed by atoms with Crippen molar-refractivity contribution in [2.24, 2.45) is 0 Å². The highest BCUT2D eigenvalue weighted by Crippen LogP contribution is 2.24. The molecule has 30 heavy (non-hydrogen) atoms. The second kappa shape index (κ2) is 10.9. The van der Waals surface area contributed by atoms with Gasteiger partial charge < -0.3 is 20.4 Å². The van der Waals surface area contributed by atoms with E-state index in [1.807, 2.05) is 12.1 Å². The molecule has 0 spiro atoms. The number of hydrogen-bond donors (Lipinski definition) is 3. The molecule has 1 fully saturated rings. The van der Waals surface area contributed by atoms with Crippen LogP contribution < -0.4 is 21.6 Å². The summed E-state index contributed by atoms with van der Waals surface area (Å²) in [4.78, 5) is 36.7. The zero-order valence-electron chi connectivity index (χ0n) is 17.2. The summed E-state index contributed by atoms with van der Waals surface area (Å²) in [7, 11) is 1.60. The number of piperidine rings is 1. The van der Waals surface area contributed by atoms with Crippen LogP contribution in [0.5, 0.6) is 0 Å². The third-order valence-electron chi connectivity index (χ3n) is 5.20. The van der Waals surface area contributed by atoms with Gasteiger partial charge in [-0.15, -0.1) is 12.4 Å². The van der Waals surface area contributed by atoms with Gasteiger partial charge >= 0.3 is 5.63 Å². The molecule has 1 unspecified atom stereocenters. The second-order valence-electron chi connectivity index (χ2n) is 7.37. The Morgan fingerprint density at radius 1 is 1.27 bits per heavy atom. The molecule has 0 bridgehead atoms. The number of carbonyl (C=O) groups excluding carboxylic acids is 2.